The van der Waals surface area contributed by atoms with Gasteiger partial charge in [-0.3, -0.25) is 10.1 Å². The van der Waals surface area contributed by atoms with E-state index < -0.39 is 0 Å². The maximum atomic E-state index is 12.0. The summed E-state index contributed by atoms with van der Waals surface area (Å²) in [4.78, 5) is 20.6. The molecule has 2 rings (SSSR count). The van der Waals surface area contributed by atoms with E-state index in [2.05, 4.69) is 32.4 Å². The van der Waals surface area contributed by atoms with Crippen molar-refractivity contribution >= 4 is 34.1 Å². The Morgan fingerprint density at radius 2 is 1.96 bits per heavy atom. The summed E-state index contributed by atoms with van der Waals surface area (Å²) in [6.45, 7) is 6.00. The minimum atomic E-state index is -0.117. The number of nitrogens with one attached hydrogen (secondary N) is 1. The molecule has 0 aromatic carbocycles. The number of hydrogen-bond donors (Lipinski definition) is 1. The molecule has 0 saturated carbocycles. The van der Waals surface area contributed by atoms with Gasteiger partial charge in [0.15, 0.2) is 5.16 Å². The van der Waals surface area contributed by atoms with Crippen molar-refractivity contribution in [2.45, 2.75) is 51.6 Å². The van der Waals surface area contributed by atoms with Gasteiger partial charge in [-0.2, -0.15) is 0 Å². The highest BCUT2D eigenvalue weighted by atomic mass is 32.2. The summed E-state index contributed by atoms with van der Waals surface area (Å²) in [6.07, 6.45) is 4.40. The van der Waals surface area contributed by atoms with E-state index in [1.165, 1.54) is 35.9 Å². The summed E-state index contributed by atoms with van der Waals surface area (Å²) < 4.78 is 0. The maximum Gasteiger partial charge on any atom is 0.236 e. The summed E-state index contributed by atoms with van der Waals surface area (Å²) in [5.41, 5.74) is 1.81. The highest BCUT2D eigenvalue weighted by molar-refractivity contribution is 7.99. The van der Waals surface area contributed by atoms with Crippen LogP contribution >= 0.6 is 23.1 Å². The first-order valence-electron chi connectivity index (χ1n) is 7.64. The number of amides is 1. The Morgan fingerprint density at radius 3 is 2.65 bits per heavy atom. The molecule has 6 nitrogen and oxygen atoms in total. The lowest BCUT2D eigenvalue weighted by molar-refractivity contribution is -0.113. The molecule has 8 heteroatoms. The standard InChI is InChI=1S/C15H21N5OS2/c1-4-5-6-7-13-19-20-15(23-13)18-12(21)9-22-14-16-10(2)8-11(3)17-14/h8H,4-7,9H2,1-3H3,(H,18,20,21). The first kappa shape index (κ1) is 17.8. The number of aryl methyl sites for hydroxylation is 3. The van der Waals surface area contributed by atoms with Gasteiger partial charge in [-0.05, 0) is 26.3 Å². The Hall–Kier alpha value is -1.54. The predicted octanol–water partition coefficient (Wildman–Crippen LogP) is 3.41. The number of thioether (sulfide) groups is 1. The Morgan fingerprint density at radius 1 is 1.22 bits per heavy atom. The largest absolute Gasteiger partial charge is 0.300 e. The SMILES string of the molecule is CCCCCc1nnc(NC(=O)CSc2nc(C)cc(C)n2)s1. The van der Waals surface area contributed by atoms with Crippen molar-refractivity contribution in [2.24, 2.45) is 0 Å². The Kier molecular flexibility index (Phi) is 6.91. The Bertz CT molecular complexity index is 639. The van der Waals surface area contributed by atoms with E-state index >= 15 is 0 Å². The van der Waals surface area contributed by atoms with Gasteiger partial charge < -0.3 is 0 Å². The molecule has 23 heavy (non-hydrogen) atoms. The fraction of sp³-hybridized carbons (Fsp3) is 0.533. The Labute approximate surface area is 144 Å². The van der Waals surface area contributed by atoms with Crippen molar-refractivity contribution in [3.63, 3.8) is 0 Å². The van der Waals surface area contributed by atoms with Crippen LogP contribution in [-0.2, 0) is 11.2 Å². The van der Waals surface area contributed by atoms with Crippen LogP contribution in [0.1, 0.15) is 42.6 Å². The molecule has 2 aromatic heterocycles. The normalized spacial score (nSPS) is 10.7. The minimum absolute atomic E-state index is 0.117. The van der Waals surface area contributed by atoms with Crippen LogP contribution in [0.5, 0.6) is 0 Å². The van der Waals surface area contributed by atoms with Gasteiger partial charge in [0, 0.05) is 17.8 Å². The molecule has 0 atom stereocenters. The summed E-state index contributed by atoms with van der Waals surface area (Å²) in [6, 6.07) is 1.91. The third-order valence-corrected chi connectivity index (χ3v) is 4.75. The molecule has 0 fully saturated rings. The highest BCUT2D eigenvalue weighted by Gasteiger charge is 2.10. The molecule has 0 aliphatic carbocycles. The van der Waals surface area contributed by atoms with Gasteiger partial charge in [0.25, 0.3) is 0 Å². The molecular weight excluding hydrogens is 330 g/mol. The van der Waals surface area contributed by atoms with Gasteiger partial charge in [-0.25, -0.2) is 9.97 Å². The number of rotatable bonds is 8. The van der Waals surface area contributed by atoms with Crippen molar-refractivity contribution in [3.8, 4) is 0 Å². The second-order valence-corrected chi connectivity index (χ2v) is 7.23. The number of carbonyl (C=O) groups is 1. The molecule has 2 heterocycles. The predicted molar refractivity (Wildman–Crippen MR) is 94.0 cm³/mol. The zero-order valence-corrected chi connectivity index (χ0v) is 15.3. The molecule has 0 bridgehead atoms. The molecule has 0 spiro atoms. The molecule has 0 unspecified atom stereocenters. The van der Waals surface area contributed by atoms with Crippen molar-refractivity contribution in [1.82, 2.24) is 20.2 Å². The zero-order chi connectivity index (χ0) is 16.7. The lowest BCUT2D eigenvalue weighted by Gasteiger charge is -2.02. The average Bonchev–Trinajstić information content (AvgIpc) is 2.92. The van der Waals surface area contributed by atoms with E-state index in [1.807, 2.05) is 19.9 Å². The number of nitrogens with zero attached hydrogens (tertiary/aromatic N) is 4. The number of carbonyl (C=O) groups excluding carboxylic acids is 1. The lowest BCUT2D eigenvalue weighted by Crippen LogP contribution is -2.14. The van der Waals surface area contributed by atoms with E-state index in [-0.39, 0.29) is 11.7 Å². The van der Waals surface area contributed by atoms with Crippen LogP contribution in [0.15, 0.2) is 11.2 Å². The summed E-state index contributed by atoms with van der Waals surface area (Å²) in [5.74, 6) is 0.141. The third kappa shape index (κ3) is 6.23. The number of aromatic nitrogens is 4. The Balaban J connectivity index is 1.80. The van der Waals surface area contributed by atoms with Crippen molar-refractivity contribution < 1.29 is 4.79 Å². The van der Waals surface area contributed by atoms with Gasteiger partial charge in [0.2, 0.25) is 11.0 Å². The first-order valence-corrected chi connectivity index (χ1v) is 9.44. The second-order valence-electron chi connectivity index (χ2n) is 5.23. The van der Waals surface area contributed by atoms with Crippen LogP contribution in [0.3, 0.4) is 0 Å². The summed E-state index contributed by atoms with van der Waals surface area (Å²) >= 11 is 2.77. The van der Waals surface area contributed by atoms with Crippen LogP contribution in [0.25, 0.3) is 0 Å². The van der Waals surface area contributed by atoms with E-state index in [4.69, 9.17) is 0 Å². The number of unbranched alkanes of at least 4 members (excludes halogenated alkanes) is 2. The third-order valence-electron chi connectivity index (χ3n) is 3.00. The van der Waals surface area contributed by atoms with Crippen LogP contribution < -0.4 is 5.32 Å². The van der Waals surface area contributed by atoms with E-state index in [1.54, 1.807) is 0 Å². The molecule has 1 N–H and O–H groups in total. The van der Waals surface area contributed by atoms with Gasteiger partial charge in [-0.1, -0.05) is 42.9 Å². The summed E-state index contributed by atoms with van der Waals surface area (Å²) in [7, 11) is 0. The van der Waals surface area contributed by atoms with Crippen LogP contribution in [-0.4, -0.2) is 31.8 Å². The number of hydrogen-bond acceptors (Lipinski definition) is 7. The molecule has 0 aliphatic rings. The van der Waals surface area contributed by atoms with Gasteiger partial charge in [-0.15, -0.1) is 10.2 Å². The molecule has 1 amide bonds. The minimum Gasteiger partial charge on any atom is -0.300 e. The highest BCUT2D eigenvalue weighted by Crippen LogP contribution is 2.19. The number of anilines is 1. The fourth-order valence-corrected chi connectivity index (χ4v) is 3.52. The van der Waals surface area contributed by atoms with Gasteiger partial charge in [0.1, 0.15) is 5.01 Å². The molecule has 124 valence electrons. The second kappa shape index (κ2) is 8.93. The molecule has 2 aromatic rings. The molecule has 0 aliphatic heterocycles. The first-order chi connectivity index (χ1) is 11.1. The van der Waals surface area contributed by atoms with Crippen molar-refractivity contribution in [2.75, 3.05) is 11.1 Å². The molecular formula is C15H21N5OS2. The van der Waals surface area contributed by atoms with Crippen LogP contribution in [0.2, 0.25) is 0 Å². The quantitative estimate of drug-likeness (QED) is 0.446. The van der Waals surface area contributed by atoms with Crippen molar-refractivity contribution in [1.29, 1.82) is 0 Å². The fourth-order valence-electron chi connectivity index (χ4n) is 1.97. The van der Waals surface area contributed by atoms with Crippen LogP contribution in [0, 0.1) is 13.8 Å². The lowest BCUT2D eigenvalue weighted by atomic mass is 10.2. The van der Waals surface area contributed by atoms with Gasteiger partial charge >= 0.3 is 0 Å². The van der Waals surface area contributed by atoms with E-state index in [0.717, 1.165) is 29.2 Å². The molecule has 0 saturated heterocycles. The van der Waals surface area contributed by atoms with Crippen LogP contribution in [0.4, 0.5) is 5.13 Å². The average molecular weight is 352 g/mol. The van der Waals surface area contributed by atoms with E-state index in [0.29, 0.717) is 10.3 Å². The monoisotopic (exact) mass is 351 g/mol. The summed E-state index contributed by atoms with van der Waals surface area (Å²) in [5, 5.41) is 13.1. The van der Waals surface area contributed by atoms with Gasteiger partial charge in [0.05, 0.1) is 5.75 Å². The van der Waals surface area contributed by atoms with Crippen molar-refractivity contribution in [3.05, 3.63) is 22.5 Å². The molecule has 0 radical (unpaired) electrons. The van der Waals surface area contributed by atoms with E-state index in [9.17, 15) is 4.79 Å². The topological polar surface area (TPSA) is 80.7 Å². The zero-order valence-electron chi connectivity index (χ0n) is 13.6. The smallest absolute Gasteiger partial charge is 0.236 e. The maximum absolute atomic E-state index is 12.0.